The van der Waals surface area contributed by atoms with E-state index in [1.165, 1.54) is 0 Å². The Hall–Kier alpha value is -2.74. The molecule has 0 atom stereocenters. The van der Waals surface area contributed by atoms with Gasteiger partial charge in [-0.1, -0.05) is 32.8 Å². The Labute approximate surface area is 171 Å². The van der Waals surface area contributed by atoms with Gasteiger partial charge in [0.25, 0.3) is 11.5 Å². The number of amides is 1. The summed E-state index contributed by atoms with van der Waals surface area (Å²) in [5.41, 5.74) is -0.638. The lowest BCUT2D eigenvalue weighted by atomic mass is 10.2. The minimum Gasteiger partial charge on any atom is -0.501 e. The Balaban J connectivity index is 1.96. The van der Waals surface area contributed by atoms with Crippen molar-refractivity contribution in [3.05, 3.63) is 40.4 Å². The first kappa shape index (κ1) is 22.5. The van der Waals surface area contributed by atoms with Gasteiger partial charge in [-0.15, -0.1) is 0 Å². The SMILES string of the molecule is CCCCN(CCCC)CCCNC(=O)c1nc(-c2ccccn2)[nH]c(=O)c1O. The van der Waals surface area contributed by atoms with Crippen molar-refractivity contribution in [3.8, 4) is 17.3 Å². The van der Waals surface area contributed by atoms with Crippen molar-refractivity contribution in [2.45, 2.75) is 46.0 Å². The van der Waals surface area contributed by atoms with Crippen molar-refractivity contribution >= 4 is 5.91 Å². The summed E-state index contributed by atoms with van der Waals surface area (Å²) >= 11 is 0. The lowest BCUT2D eigenvalue weighted by Crippen LogP contribution is -2.32. The number of aromatic hydroxyl groups is 1. The molecule has 0 spiro atoms. The van der Waals surface area contributed by atoms with Crippen molar-refractivity contribution < 1.29 is 9.90 Å². The minimum atomic E-state index is -0.767. The first-order chi connectivity index (χ1) is 14.1. The van der Waals surface area contributed by atoms with Gasteiger partial charge in [-0.3, -0.25) is 14.6 Å². The van der Waals surface area contributed by atoms with E-state index in [0.717, 1.165) is 51.7 Å². The molecule has 0 saturated heterocycles. The van der Waals surface area contributed by atoms with Crippen LogP contribution in [0.3, 0.4) is 0 Å². The lowest BCUT2D eigenvalue weighted by molar-refractivity contribution is 0.0943. The fraction of sp³-hybridized carbons (Fsp3) is 0.524. The molecule has 3 N–H and O–H groups in total. The van der Waals surface area contributed by atoms with Gasteiger partial charge in [0.15, 0.2) is 11.5 Å². The Morgan fingerprint density at radius 1 is 1.14 bits per heavy atom. The van der Waals surface area contributed by atoms with Crippen molar-refractivity contribution in [2.24, 2.45) is 0 Å². The molecule has 2 heterocycles. The van der Waals surface area contributed by atoms with E-state index in [9.17, 15) is 14.7 Å². The van der Waals surface area contributed by atoms with Crippen LogP contribution >= 0.6 is 0 Å². The first-order valence-corrected chi connectivity index (χ1v) is 10.3. The van der Waals surface area contributed by atoms with Crippen LogP contribution in [-0.4, -0.2) is 57.0 Å². The molecule has 0 aliphatic carbocycles. The van der Waals surface area contributed by atoms with Crippen LogP contribution < -0.4 is 10.9 Å². The topological polar surface area (TPSA) is 111 Å². The molecule has 2 aromatic rings. The number of rotatable bonds is 12. The molecule has 2 rings (SSSR count). The van der Waals surface area contributed by atoms with E-state index in [1.807, 2.05) is 0 Å². The smallest absolute Gasteiger partial charge is 0.294 e. The highest BCUT2D eigenvalue weighted by atomic mass is 16.3. The Morgan fingerprint density at radius 2 is 1.83 bits per heavy atom. The van der Waals surface area contributed by atoms with Crippen LogP contribution in [0, 0.1) is 0 Å². The summed E-state index contributed by atoms with van der Waals surface area (Å²) < 4.78 is 0. The molecular weight excluding hydrogens is 370 g/mol. The molecule has 0 fully saturated rings. The quantitative estimate of drug-likeness (QED) is 0.471. The van der Waals surface area contributed by atoms with Crippen LogP contribution in [0.4, 0.5) is 0 Å². The van der Waals surface area contributed by atoms with E-state index in [4.69, 9.17) is 0 Å². The summed E-state index contributed by atoms with van der Waals surface area (Å²) in [4.78, 5) is 37.5. The van der Waals surface area contributed by atoms with Gasteiger partial charge in [0.1, 0.15) is 5.69 Å². The molecule has 0 aliphatic heterocycles. The van der Waals surface area contributed by atoms with Gasteiger partial charge >= 0.3 is 0 Å². The molecule has 0 radical (unpaired) electrons. The van der Waals surface area contributed by atoms with Gasteiger partial charge in [-0.25, -0.2) is 4.98 Å². The molecule has 0 bridgehead atoms. The van der Waals surface area contributed by atoms with Crippen LogP contribution in [0.2, 0.25) is 0 Å². The molecule has 0 aliphatic rings. The molecule has 2 aromatic heterocycles. The number of hydrogen-bond donors (Lipinski definition) is 3. The monoisotopic (exact) mass is 401 g/mol. The summed E-state index contributed by atoms with van der Waals surface area (Å²) in [6.45, 7) is 7.83. The predicted octanol–water partition coefficient (Wildman–Crippen LogP) is 2.56. The van der Waals surface area contributed by atoms with Gasteiger partial charge < -0.3 is 20.3 Å². The van der Waals surface area contributed by atoms with Gasteiger partial charge in [-0.05, 0) is 51.0 Å². The fourth-order valence-corrected chi connectivity index (χ4v) is 2.94. The second-order valence-corrected chi connectivity index (χ2v) is 6.98. The standard InChI is InChI=1S/C21H31N5O3/c1-3-5-13-26(14-6-4-2)15-9-12-23-20(28)17-18(27)21(29)25-19(24-17)16-10-7-8-11-22-16/h7-8,10-11,27H,3-6,9,12-15H2,1-2H3,(H,23,28)(H,24,25,29). The zero-order valence-electron chi connectivity index (χ0n) is 17.3. The normalized spacial score (nSPS) is 11.0. The number of carbonyl (C=O) groups excluding carboxylic acids is 1. The maximum atomic E-state index is 12.5. The van der Waals surface area contributed by atoms with Crippen LogP contribution in [0.5, 0.6) is 5.75 Å². The third kappa shape index (κ3) is 6.98. The van der Waals surface area contributed by atoms with E-state index < -0.39 is 17.2 Å². The lowest BCUT2D eigenvalue weighted by Gasteiger charge is -2.21. The van der Waals surface area contributed by atoms with Gasteiger partial charge in [0.2, 0.25) is 5.75 Å². The van der Waals surface area contributed by atoms with Crippen LogP contribution in [0.1, 0.15) is 56.4 Å². The maximum absolute atomic E-state index is 12.5. The summed E-state index contributed by atoms with van der Waals surface area (Å²) in [5.74, 6) is -1.11. The van der Waals surface area contributed by atoms with Crippen molar-refractivity contribution in [1.29, 1.82) is 0 Å². The summed E-state index contributed by atoms with van der Waals surface area (Å²) in [7, 11) is 0. The molecule has 0 saturated carbocycles. The van der Waals surface area contributed by atoms with E-state index >= 15 is 0 Å². The highest BCUT2D eigenvalue weighted by molar-refractivity contribution is 5.95. The van der Waals surface area contributed by atoms with E-state index in [2.05, 4.69) is 39.0 Å². The number of nitrogens with one attached hydrogen (secondary N) is 2. The molecular formula is C21H31N5O3. The number of nitrogens with zero attached hydrogens (tertiary/aromatic N) is 3. The number of pyridine rings is 1. The second-order valence-electron chi connectivity index (χ2n) is 6.98. The number of carbonyl (C=O) groups is 1. The average molecular weight is 402 g/mol. The summed E-state index contributed by atoms with van der Waals surface area (Å²) in [5, 5.41) is 12.7. The van der Waals surface area contributed by atoms with Crippen LogP contribution in [-0.2, 0) is 0 Å². The molecule has 29 heavy (non-hydrogen) atoms. The van der Waals surface area contributed by atoms with Gasteiger partial charge in [0.05, 0.1) is 0 Å². The highest BCUT2D eigenvalue weighted by Gasteiger charge is 2.18. The predicted molar refractivity (Wildman–Crippen MR) is 113 cm³/mol. The number of aromatic amines is 1. The summed E-state index contributed by atoms with van der Waals surface area (Å²) in [6.07, 6.45) is 6.99. The second kappa shape index (κ2) is 12.0. The maximum Gasteiger partial charge on any atom is 0.294 e. The molecule has 8 heteroatoms. The molecule has 8 nitrogen and oxygen atoms in total. The average Bonchev–Trinajstić information content (AvgIpc) is 2.74. The largest absolute Gasteiger partial charge is 0.501 e. The van der Waals surface area contributed by atoms with Crippen molar-refractivity contribution in [2.75, 3.05) is 26.2 Å². The third-order valence-electron chi connectivity index (χ3n) is 4.61. The highest BCUT2D eigenvalue weighted by Crippen LogP contribution is 2.14. The minimum absolute atomic E-state index is 0.142. The van der Waals surface area contributed by atoms with E-state index in [-0.39, 0.29) is 11.5 Å². The number of H-pyrrole nitrogens is 1. The van der Waals surface area contributed by atoms with Gasteiger partial charge in [0, 0.05) is 12.7 Å². The zero-order valence-corrected chi connectivity index (χ0v) is 17.3. The zero-order chi connectivity index (χ0) is 21.1. The Bertz CT molecular complexity index is 815. The Kier molecular flexibility index (Phi) is 9.30. The van der Waals surface area contributed by atoms with E-state index in [1.54, 1.807) is 24.4 Å². The molecule has 0 unspecified atom stereocenters. The van der Waals surface area contributed by atoms with Crippen LogP contribution in [0.15, 0.2) is 29.2 Å². The number of hydrogen-bond acceptors (Lipinski definition) is 6. The van der Waals surface area contributed by atoms with Crippen molar-refractivity contribution in [1.82, 2.24) is 25.2 Å². The molecule has 0 aromatic carbocycles. The third-order valence-corrected chi connectivity index (χ3v) is 4.61. The number of aromatic nitrogens is 3. The van der Waals surface area contributed by atoms with E-state index in [0.29, 0.717) is 12.2 Å². The fourth-order valence-electron chi connectivity index (χ4n) is 2.94. The Morgan fingerprint density at radius 3 is 2.45 bits per heavy atom. The van der Waals surface area contributed by atoms with Gasteiger partial charge in [-0.2, -0.15) is 0 Å². The first-order valence-electron chi connectivity index (χ1n) is 10.3. The van der Waals surface area contributed by atoms with Crippen molar-refractivity contribution in [3.63, 3.8) is 0 Å². The molecule has 1 amide bonds. The molecule has 158 valence electrons. The number of unbranched alkanes of at least 4 members (excludes halogenated alkanes) is 2. The summed E-state index contributed by atoms with van der Waals surface area (Å²) in [6, 6.07) is 5.15. The van der Waals surface area contributed by atoms with Crippen LogP contribution in [0.25, 0.3) is 11.5 Å².